The average Bonchev–Trinajstić information content (AvgIpc) is 2.87. The van der Waals surface area contributed by atoms with E-state index in [0.29, 0.717) is 16.7 Å². The van der Waals surface area contributed by atoms with Crippen molar-refractivity contribution >= 4 is 31.6 Å². The van der Waals surface area contributed by atoms with Crippen LogP contribution in [0.15, 0.2) is 27.6 Å². The number of anilines is 1. The Morgan fingerprint density at radius 2 is 2.05 bits per heavy atom. The average molecular weight is 363 g/mol. The van der Waals surface area contributed by atoms with E-state index in [2.05, 4.69) is 20.7 Å². The lowest BCUT2D eigenvalue weighted by molar-refractivity contribution is 0.195. The van der Waals surface area contributed by atoms with Gasteiger partial charge in [-0.1, -0.05) is 6.42 Å². The van der Waals surface area contributed by atoms with Crippen molar-refractivity contribution in [2.75, 3.05) is 18.9 Å². The van der Waals surface area contributed by atoms with Crippen LogP contribution < -0.4 is 10.5 Å². The van der Waals surface area contributed by atoms with E-state index in [0.717, 1.165) is 19.3 Å². The minimum Gasteiger partial charge on any atom is -0.398 e. The summed E-state index contributed by atoms with van der Waals surface area (Å²) >= 11 is 3.24. The second-order valence-electron chi connectivity index (χ2n) is 5.17. The highest BCUT2D eigenvalue weighted by molar-refractivity contribution is 9.10. The lowest BCUT2D eigenvalue weighted by atomic mass is 9.97. The molecule has 1 aromatic rings. The zero-order chi connectivity index (χ0) is 14.8. The largest absolute Gasteiger partial charge is 0.398 e. The molecule has 112 valence electrons. The van der Waals surface area contributed by atoms with Crippen LogP contribution in [0.25, 0.3) is 0 Å². The molecule has 4 N–H and O–H groups in total. The van der Waals surface area contributed by atoms with Crippen LogP contribution in [0.5, 0.6) is 0 Å². The molecule has 2 atom stereocenters. The Morgan fingerprint density at radius 1 is 1.35 bits per heavy atom. The number of hydrogen-bond acceptors (Lipinski definition) is 4. The molecule has 2 unspecified atom stereocenters. The summed E-state index contributed by atoms with van der Waals surface area (Å²) in [7, 11) is -3.55. The monoisotopic (exact) mass is 362 g/mol. The maximum absolute atomic E-state index is 12.2. The summed E-state index contributed by atoms with van der Waals surface area (Å²) in [6.45, 7) is 0.487. The van der Waals surface area contributed by atoms with E-state index in [9.17, 15) is 13.5 Å². The van der Waals surface area contributed by atoms with E-state index in [1.54, 1.807) is 6.07 Å². The molecule has 1 aliphatic rings. The molecule has 0 amide bonds. The quantitative estimate of drug-likeness (QED) is 0.695. The summed E-state index contributed by atoms with van der Waals surface area (Å²) in [6, 6.07) is 4.57. The van der Waals surface area contributed by atoms with Gasteiger partial charge in [-0.15, -0.1) is 0 Å². The lowest BCUT2D eigenvalue weighted by Gasteiger charge is -2.18. The van der Waals surface area contributed by atoms with Crippen molar-refractivity contribution in [1.82, 2.24) is 4.72 Å². The molecule has 0 radical (unpaired) electrons. The zero-order valence-corrected chi connectivity index (χ0v) is 13.5. The maximum atomic E-state index is 12.2. The van der Waals surface area contributed by atoms with Crippen molar-refractivity contribution in [3.63, 3.8) is 0 Å². The second kappa shape index (κ2) is 6.43. The summed E-state index contributed by atoms with van der Waals surface area (Å²) < 4.78 is 27.7. The number of halogens is 1. The van der Waals surface area contributed by atoms with Crippen LogP contribution in [-0.2, 0) is 10.0 Å². The standard InChI is InChI=1S/C13H19BrN2O3S/c14-12-5-4-11(6-13(12)15)20(18,19)16-7-9-2-1-3-10(9)8-17/h4-6,9-10,16-17H,1-3,7-8,15H2. The molecule has 2 rings (SSSR count). The summed E-state index contributed by atoms with van der Waals surface area (Å²) in [6.07, 6.45) is 2.97. The Bertz CT molecular complexity index is 577. The minimum atomic E-state index is -3.55. The van der Waals surface area contributed by atoms with Crippen molar-refractivity contribution in [3.8, 4) is 0 Å². The Morgan fingerprint density at radius 3 is 2.70 bits per heavy atom. The van der Waals surface area contributed by atoms with Crippen LogP contribution >= 0.6 is 15.9 Å². The van der Waals surface area contributed by atoms with E-state index in [-0.39, 0.29) is 23.3 Å². The fourth-order valence-corrected chi connectivity index (χ4v) is 3.99. The van der Waals surface area contributed by atoms with E-state index in [1.807, 2.05) is 0 Å². The van der Waals surface area contributed by atoms with Gasteiger partial charge < -0.3 is 10.8 Å². The van der Waals surface area contributed by atoms with Crippen LogP contribution in [0.1, 0.15) is 19.3 Å². The molecule has 1 saturated carbocycles. The van der Waals surface area contributed by atoms with Gasteiger partial charge in [0.1, 0.15) is 0 Å². The molecular formula is C13H19BrN2O3S. The number of hydrogen-bond donors (Lipinski definition) is 3. The molecular weight excluding hydrogens is 344 g/mol. The van der Waals surface area contributed by atoms with Gasteiger partial charge in [0.2, 0.25) is 10.0 Å². The smallest absolute Gasteiger partial charge is 0.240 e. The van der Waals surface area contributed by atoms with Gasteiger partial charge in [0.05, 0.1) is 4.90 Å². The van der Waals surface area contributed by atoms with Gasteiger partial charge in [0, 0.05) is 23.3 Å². The van der Waals surface area contributed by atoms with Gasteiger partial charge >= 0.3 is 0 Å². The number of rotatable bonds is 5. The van der Waals surface area contributed by atoms with Crippen LogP contribution in [-0.4, -0.2) is 26.7 Å². The third kappa shape index (κ3) is 3.52. The number of nitrogens with two attached hydrogens (primary N) is 1. The molecule has 0 bridgehead atoms. The van der Waals surface area contributed by atoms with Gasteiger partial charge in [-0.3, -0.25) is 0 Å². The Balaban J connectivity index is 2.05. The van der Waals surface area contributed by atoms with Crippen LogP contribution in [0.2, 0.25) is 0 Å². The molecule has 0 aromatic heterocycles. The Kier molecular flexibility index (Phi) is 5.06. The number of sulfonamides is 1. The van der Waals surface area contributed by atoms with Gasteiger partial charge in [-0.25, -0.2) is 13.1 Å². The molecule has 1 aromatic carbocycles. The number of nitrogen functional groups attached to an aromatic ring is 1. The van der Waals surface area contributed by atoms with E-state index in [1.165, 1.54) is 12.1 Å². The Labute approximate surface area is 127 Å². The van der Waals surface area contributed by atoms with Crippen LogP contribution in [0, 0.1) is 11.8 Å². The first-order valence-electron chi connectivity index (χ1n) is 6.59. The third-order valence-corrected chi connectivity index (χ3v) is 6.01. The van der Waals surface area contributed by atoms with Crippen molar-refractivity contribution in [3.05, 3.63) is 22.7 Å². The predicted molar refractivity (Wildman–Crippen MR) is 81.7 cm³/mol. The van der Waals surface area contributed by atoms with Gasteiger partial charge in [0.25, 0.3) is 0 Å². The molecule has 0 heterocycles. The minimum absolute atomic E-state index is 0.123. The van der Waals surface area contributed by atoms with Crippen LogP contribution in [0.3, 0.4) is 0 Å². The van der Waals surface area contributed by atoms with Gasteiger partial charge in [-0.05, 0) is 58.8 Å². The summed E-state index contributed by atoms with van der Waals surface area (Å²) in [5, 5.41) is 9.25. The first kappa shape index (κ1) is 15.8. The zero-order valence-electron chi connectivity index (χ0n) is 11.0. The topological polar surface area (TPSA) is 92.4 Å². The first-order valence-corrected chi connectivity index (χ1v) is 8.87. The van der Waals surface area contributed by atoms with Gasteiger partial charge in [-0.2, -0.15) is 0 Å². The normalized spacial score (nSPS) is 23.1. The fourth-order valence-electron chi connectivity index (χ4n) is 2.61. The Hall–Kier alpha value is -0.630. The molecule has 1 fully saturated rings. The van der Waals surface area contributed by atoms with Crippen molar-refractivity contribution in [1.29, 1.82) is 0 Å². The number of aliphatic hydroxyl groups is 1. The summed E-state index contributed by atoms with van der Waals surface area (Å²) in [5.41, 5.74) is 6.10. The maximum Gasteiger partial charge on any atom is 0.240 e. The number of nitrogens with one attached hydrogen (secondary N) is 1. The SMILES string of the molecule is Nc1cc(S(=O)(=O)NCC2CCCC2CO)ccc1Br. The highest BCUT2D eigenvalue weighted by Gasteiger charge is 2.28. The van der Waals surface area contributed by atoms with E-state index < -0.39 is 10.0 Å². The van der Waals surface area contributed by atoms with Gasteiger partial charge in [0.15, 0.2) is 0 Å². The summed E-state index contributed by atoms with van der Waals surface area (Å²) in [5.74, 6) is 0.412. The molecule has 0 aliphatic heterocycles. The third-order valence-electron chi connectivity index (χ3n) is 3.86. The highest BCUT2D eigenvalue weighted by Crippen LogP contribution is 2.31. The van der Waals surface area contributed by atoms with Crippen molar-refractivity contribution in [2.24, 2.45) is 11.8 Å². The lowest BCUT2D eigenvalue weighted by Crippen LogP contribution is -2.31. The van der Waals surface area contributed by atoms with Crippen molar-refractivity contribution in [2.45, 2.75) is 24.2 Å². The van der Waals surface area contributed by atoms with Crippen molar-refractivity contribution < 1.29 is 13.5 Å². The van der Waals surface area contributed by atoms with Crippen LogP contribution in [0.4, 0.5) is 5.69 Å². The molecule has 1 aliphatic carbocycles. The van der Waals surface area contributed by atoms with E-state index >= 15 is 0 Å². The number of benzene rings is 1. The summed E-state index contributed by atoms with van der Waals surface area (Å²) in [4.78, 5) is 0.164. The first-order chi connectivity index (χ1) is 9.44. The molecule has 20 heavy (non-hydrogen) atoms. The molecule has 0 spiro atoms. The van der Waals surface area contributed by atoms with E-state index in [4.69, 9.17) is 5.73 Å². The fraction of sp³-hybridized carbons (Fsp3) is 0.538. The molecule has 5 nitrogen and oxygen atoms in total. The number of aliphatic hydroxyl groups excluding tert-OH is 1. The predicted octanol–water partition coefficient (Wildman–Crippen LogP) is 1.72. The molecule has 0 saturated heterocycles. The molecule has 7 heteroatoms. The second-order valence-corrected chi connectivity index (χ2v) is 7.79. The highest BCUT2D eigenvalue weighted by atomic mass is 79.9.